The van der Waals surface area contributed by atoms with Gasteiger partial charge < -0.3 is 25.4 Å². The van der Waals surface area contributed by atoms with Crippen LogP contribution in [0.2, 0.25) is 0 Å². The van der Waals surface area contributed by atoms with E-state index in [2.05, 4.69) is 30.9 Å². The number of benzene rings is 2. The lowest BCUT2D eigenvalue weighted by Crippen LogP contribution is -2.42. The lowest BCUT2D eigenvalue weighted by molar-refractivity contribution is -0.137. The number of halogens is 3. The van der Waals surface area contributed by atoms with E-state index in [1.807, 2.05) is 13.0 Å². The van der Waals surface area contributed by atoms with Gasteiger partial charge in [0.15, 0.2) is 10.9 Å². The van der Waals surface area contributed by atoms with Gasteiger partial charge in [-0.1, -0.05) is 36.0 Å². The van der Waals surface area contributed by atoms with Gasteiger partial charge in [-0.25, -0.2) is 9.98 Å². The second kappa shape index (κ2) is 13.1. The van der Waals surface area contributed by atoms with Crippen LogP contribution in [0.25, 0.3) is 11.3 Å². The number of hydrogen-bond acceptors (Lipinski definition) is 9. The van der Waals surface area contributed by atoms with E-state index in [-0.39, 0.29) is 23.8 Å². The Kier molecular flexibility index (Phi) is 9.61. The molecule has 0 spiro atoms. The maximum atomic E-state index is 13.1. The second-order valence-electron chi connectivity index (χ2n) is 8.89. The van der Waals surface area contributed by atoms with E-state index in [9.17, 15) is 18.0 Å². The van der Waals surface area contributed by atoms with Gasteiger partial charge in [0.05, 0.1) is 24.0 Å². The van der Waals surface area contributed by atoms with Crippen LogP contribution < -0.4 is 20.7 Å². The predicted molar refractivity (Wildman–Crippen MR) is 149 cm³/mol. The zero-order valence-electron chi connectivity index (χ0n) is 22.1. The van der Waals surface area contributed by atoms with Crippen molar-refractivity contribution in [1.82, 2.24) is 20.6 Å². The van der Waals surface area contributed by atoms with Crippen molar-refractivity contribution in [3.8, 4) is 22.9 Å². The standard InChI is InChI=1S/C27H29F3N6O3S/c1-16-5-4-6-22(24(16)36-26(40-3)33-17(2)37)39-23-13-21(18-7-9-19(10-8-18)27(28,29)30)34-25(35-23)32-15-20-14-31-11-12-38-20/h4-10,13,20,31H,11-12,14-15H2,1-3H3,(H,32,34,35)(H,33,36,37). The number of aromatic nitrogens is 2. The van der Waals surface area contributed by atoms with Crippen molar-refractivity contribution in [1.29, 1.82) is 0 Å². The SMILES string of the molecule is CSC(=Nc1c(C)cccc1Oc1cc(-c2ccc(C(F)(F)F)cc2)nc(NCC2CNCCO2)n1)NC(C)=O. The largest absolute Gasteiger partial charge is 0.437 e. The molecule has 1 saturated heterocycles. The number of ether oxygens (including phenoxy) is 2. The van der Waals surface area contributed by atoms with Crippen LogP contribution in [0.3, 0.4) is 0 Å². The fourth-order valence-corrected chi connectivity index (χ4v) is 4.27. The van der Waals surface area contributed by atoms with Gasteiger partial charge in [-0.2, -0.15) is 18.2 Å². The zero-order valence-corrected chi connectivity index (χ0v) is 22.9. The third-order valence-electron chi connectivity index (χ3n) is 5.81. The molecule has 4 rings (SSSR count). The van der Waals surface area contributed by atoms with Crippen LogP contribution in [-0.2, 0) is 15.7 Å². The Hall–Kier alpha value is -3.68. The maximum Gasteiger partial charge on any atom is 0.416 e. The van der Waals surface area contributed by atoms with E-state index in [4.69, 9.17) is 9.47 Å². The molecular weight excluding hydrogens is 545 g/mol. The Morgan fingerprint density at radius 1 is 1.23 bits per heavy atom. The highest BCUT2D eigenvalue weighted by molar-refractivity contribution is 8.13. The maximum absolute atomic E-state index is 13.1. The number of amidine groups is 1. The summed E-state index contributed by atoms with van der Waals surface area (Å²) in [4.78, 5) is 25.2. The highest BCUT2D eigenvalue weighted by Crippen LogP contribution is 2.36. The first-order valence-electron chi connectivity index (χ1n) is 12.4. The summed E-state index contributed by atoms with van der Waals surface area (Å²) < 4.78 is 51.2. The van der Waals surface area contributed by atoms with Crippen LogP contribution in [0.4, 0.5) is 24.8 Å². The Balaban J connectivity index is 1.69. The molecule has 1 aromatic heterocycles. The van der Waals surface area contributed by atoms with Gasteiger partial charge in [-0.3, -0.25) is 4.79 Å². The first-order chi connectivity index (χ1) is 19.1. The van der Waals surface area contributed by atoms with E-state index < -0.39 is 11.7 Å². The molecule has 9 nitrogen and oxygen atoms in total. The number of alkyl halides is 3. The molecule has 212 valence electrons. The number of carbonyl (C=O) groups excluding carboxylic acids is 1. The van der Waals surface area contributed by atoms with Crippen molar-refractivity contribution < 1.29 is 27.4 Å². The van der Waals surface area contributed by atoms with Gasteiger partial charge in [-0.05, 0) is 36.9 Å². The quantitative estimate of drug-likeness (QED) is 0.263. The zero-order chi connectivity index (χ0) is 28.7. The van der Waals surface area contributed by atoms with Crippen LogP contribution in [0.1, 0.15) is 18.1 Å². The number of nitrogens with zero attached hydrogens (tertiary/aromatic N) is 3. The van der Waals surface area contributed by atoms with Crippen molar-refractivity contribution in [2.45, 2.75) is 26.1 Å². The van der Waals surface area contributed by atoms with Crippen molar-refractivity contribution in [3.63, 3.8) is 0 Å². The summed E-state index contributed by atoms with van der Waals surface area (Å²) in [7, 11) is 0. The molecule has 3 N–H and O–H groups in total. The Bertz CT molecular complexity index is 1360. The number of aliphatic imine (C=N–C) groups is 1. The minimum Gasteiger partial charge on any atom is -0.437 e. The normalized spacial score (nSPS) is 15.9. The molecular formula is C27H29F3N6O3S. The lowest BCUT2D eigenvalue weighted by Gasteiger charge is -2.23. The van der Waals surface area contributed by atoms with Gasteiger partial charge in [0, 0.05) is 38.2 Å². The Labute approximate surface area is 234 Å². The number of thioether (sulfide) groups is 1. The molecule has 1 atom stereocenters. The number of rotatable bonds is 7. The van der Waals surface area contributed by atoms with Crippen molar-refractivity contribution in [2.75, 3.05) is 37.8 Å². The smallest absolute Gasteiger partial charge is 0.416 e. The first kappa shape index (κ1) is 29.3. The minimum atomic E-state index is -4.45. The number of carbonyl (C=O) groups is 1. The third kappa shape index (κ3) is 7.93. The molecule has 2 heterocycles. The average Bonchev–Trinajstić information content (AvgIpc) is 2.93. The molecule has 1 amide bonds. The number of nitrogens with one attached hydrogen (secondary N) is 3. The van der Waals surface area contributed by atoms with Gasteiger partial charge in [0.25, 0.3) is 0 Å². The van der Waals surface area contributed by atoms with E-state index in [0.717, 1.165) is 24.2 Å². The van der Waals surface area contributed by atoms with E-state index in [1.54, 1.807) is 24.5 Å². The fraction of sp³-hybridized carbons (Fsp3) is 0.333. The summed E-state index contributed by atoms with van der Waals surface area (Å²) in [6.07, 6.45) is -2.76. The number of morpholine rings is 1. The van der Waals surface area contributed by atoms with Gasteiger partial charge >= 0.3 is 6.18 Å². The molecule has 3 aromatic rings. The second-order valence-corrected chi connectivity index (χ2v) is 9.69. The molecule has 13 heteroatoms. The number of aryl methyl sites for hydroxylation is 1. The molecule has 40 heavy (non-hydrogen) atoms. The van der Waals surface area contributed by atoms with Crippen LogP contribution in [0, 0.1) is 6.92 Å². The van der Waals surface area contributed by atoms with Crippen molar-refractivity contribution in [2.24, 2.45) is 4.99 Å². The number of hydrogen-bond donors (Lipinski definition) is 3. The van der Waals surface area contributed by atoms with Gasteiger partial charge in [0.1, 0.15) is 5.69 Å². The number of para-hydroxylation sites is 1. The van der Waals surface area contributed by atoms with Crippen LogP contribution >= 0.6 is 11.8 Å². The van der Waals surface area contributed by atoms with E-state index in [1.165, 1.54) is 30.8 Å². The molecule has 1 aliphatic heterocycles. The summed E-state index contributed by atoms with van der Waals surface area (Å²) in [5.41, 5.74) is 1.35. The van der Waals surface area contributed by atoms with Crippen LogP contribution in [0.15, 0.2) is 53.5 Å². The topological polar surface area (TPSA) is 110 Å². The van der Waals surface area contributed by atoms with Crippen molar-refractivity contribution >= 4 is 34.5 Å². The lowest BCUT2D eigenvalue weighted by atomic mass is 10.1. The fourth-order valence-electron chi connectivity index (χ4n) is 3.84. The molecule has 1 aliphatic rings. The average molecular weight is 575 g/mol. The van der Waals surface area contributed by atoms with Crippen LogP contribution in [0.5, 0.6) is 11.6 Å². The van der Waals surface area contributed by atoms with E-state index >= 15 is 0 Å². The summed E-state index contributed by atoms with van der Waals surface area (Å²) in [6, 6.07) is 11.6. The highest BCUT2D eigenvalue weighted by Gasteiger charge is 2.30. The number of anilines is 1. The molecule has 2 aromatic carbocycles. The predicted octanol–water partition coefficient (Wildman–Crippen LogP) is 5.15. The highest BCUT2D eigenvalue weighted by atomic mass is 32.2. The number of amides is 1. The summed E-state index contributed by atoms with van der Waals surface area (Å²) in [5.74, 6) is 0.499. The van der Waals surface area contributed by atoms with Gasteiger partial charge in [-0.15, -0.1) is 0 Å². The molecule has 0 aliphatic carbocycles. The minimum absolute atomic E-state index is 0.104. The summed E-state index contributed by atoms with van der Waals surface area (Å²) >= 11 is 1.27. The molecule has 1 unspecified atom stereocenters. The first-order valence-corrected chi connectivity index (χ1v) is 13.7. The third-order valence-corrected chi connectivity index (χ3v) is 6.39. The molecule has 1 fully saturated rings. The summed E-state index contributed by atoms with van der Waals surface area (Å²) in [6.45, 7) is 5.68. The monoisotopic (exact) mass is 574 g/mol. The Morgan fingerprint density at radius 3 is 2.65 bits per heavy atom. The van der Waals surface area contributed by atoms with Crippen molar-refractivity contribution in [3.05, 3.63) is 59.7 Å². The van der Waals surface area contributed by atoms with Gasteiger partial charge in [0.2, 0.25) is 17.7 Å². The summed E-state index contributed by atoms with van der Waals surface area (Å²) in [5, 5.41) is 9.48. The Morgan fingerprint density at radius 2 is 2.00 bits per heavy atom. The molecule has 0 bridgehead atoms. The van der Waals surface area contributed by atoms with E-state index in [0.29, 0.717) is 47.6 Å². The van der Waals surface area contributed by atoms with Crippen LogP contribution in [-0.4, -0.2) is 59.6 Å². The molecule has 0 radical (unpaired) electrons. The molecule has 0 saturated carbocycles.